The second-order valence-electron chi connectivity index (χ2n) is 4.56. The van der Waals surface area contributed by atoms with Gasteiger partial charge in [-0.2, -0.15) is 0 Å². The van der Waals surface area contributed by atoms with Crippen LogP contribution in [0.25, 0.3) is 11.1 Å². The number of hydrogen-bond donors (Lipinski definition) is 1. The molecule has 80 valence electrons. The predicted molar refractivity (Wildman–Crippen MR) is 60.6 cm³/mol. The van der Waals surface area contributed by atoms with E-state index in [0.717, 1.165) is 29.8 Å². The van der Waals surface area contributed by atoms with Gasteiger partial charge in [-0.05, 0) is 32.4 Å². The van der Waals surface area contributed by atoms with Crippen LogP contribution in [0.4, 0.5) is 0 Å². The molecule has 0 amide bonds. The first kappa shape index (κ1) is 10.2. The summed E-state index contributed by atoms with van der Waals surface area (Å²) in [5.74, 6) is 0.773. The molecule has 1 aromatic carbocycles. The van der Waals surface area contributed by atoms with Crippen LogP contribution in [-0.2, 0) is 6.42 Å². The van der Waals surface area contributed by atoms with Gasteiger partial charge < -0.3 is 10.2 Å². The van der Waals surface area contributed by atoms with Gasteiger partial charge in [0.2, 0.25) is 0 Å². The lowest BCUT2D eigenvalue weighted by atomic mass is 10.0. The van der Waals surface area contributed by atoms with Crippen molar-refractivity contribution in [2.24, 2.45) is 5.73 Å². The Balaban J connectivity index is 2.16. The molecule has 2 aromatic rings. The maximum absolute atomic E-state index is 5.91. The summed E-state index contributed by atoms with van der Waals surface area (Å²) in [5, 5.41) is 0. The first-order valence-corrected chi connectivity index (χ1v) is 5.18. The van der Waals surface area contributed by atoms with Crippen molar-refractivity contribution in [1.82, 2.24) is 4.98 Å². The lowest BCUT2D eigenvalue weighted by molar-refractivity contribution is 0.435. The van der Waals surface area contributed by atoms with Crippen LogP contribution in [-0.4, -0.2) is 10.5 Å². The number of aromatic nitrogens is 1. The Morgan fingerprint density at radius 2 is 2.07 bits per heavy atom. The highest BCUT2D eigenvalue weighted by Gasteiger charge is 2.13. The summed E-state index contributed by atoms with van der Waals surface area (Å²) in [5.41, 5.74) is 7.51. The zero-order chi connectivity index (χ0) is 10.9. The van der Waals surface area contributed by atoms with Crippen LogP contribution >= 0.6 is 0 Å². The molecular weight excluding hydrogens is 188 g/mol. The largest absolute Gasteiger partial charge is 0.441 e. The fourth-order valence-electron chi connectivity index (χ4n) is 1.46. The lowest BCUT2D eigenvalue weighted by Gasteiger charge is -2.16. The average molecular weight is 204 g/mol. The number of aryl methyl sites for hydroxylation is 1. The van der Waals surface area contributed by atoms with Crippen LogP contribution in [0.2, 0.25) is 0 Å². The zero-order valence-electron chi connectivity index (χ0n) is 9.16. The lowest BCUT2D eigenvalue weighted by Crippen LogP contribution is -2.32. The number of para-hydroxylation sites is 2. The molecule has 15 heavy (non-hydrogen) atoms. The fourth-order valence-corrected chi connectivity index (χ4v) is 1.46. The normalized spacial score (nSPS) is 12.2. The van der Waals surface area contributed by atoms with Crippen LogP contribution in [0.5, 0.6) is 0 Å². The Bertz CT molecular complexity index is 421. The van der Waals surface area contributed by atoms with Crippen molar-refractivity contribution >= 4 is 11.1 Å². The molecule has 1 aromatic heterocycles. The Labute approximate surface area is 89.3 Å². The van der Waals surface area contributed by atoms with Gasteiger partial charge >= 0.3 is 0 Å². The Morgan fingerprint density at radius 3 is 2.73 bits per heavy atom. The van der Waals surface area contributed by atoms with E-state index in [1.807, 2.05) is 38.1 Å². The van der Waals surface area contributed by atoms with E-state index in [2.05, 4.69) is 4.98 Å². The van der Waals surface area contributed by atoms with Crippen LogP contribution < -0.4 is 5.73 Å². The first-order chi connectivity index (χ1) is 7.04. The van der Waals surface area contributed by atoms with E-state index < -0.39 is 0 Å². The third kappa shape index (κ3) is 2.57. The van der Waals surface area contributed by atoms with Gasteiger partial charge in [-0.25, -0.2) is 4.98 Å². The van der Waals surface area contributed by atoms with E-state index in [0.29, 0.717) is 0 Å². The number of hydrogen-bond acceptors (Lipinski definition) is 3. The Hall–Kier alpha value is -1.35. The van der Waals surface area contributed by atoms with Crippen molar-refractivity contribution in [3.8, 4) is 0 Å². The number of nitrogens with two attached hydrogens (primary N) is 1. The second-order valence-corrected chi connectivity index (χ2v) is 4.56. The van der Waals surface area contributed by atoms with Gasteiger partial charge in [-0.3, -0.25) is 0 Å². The molecule has 0 spiro atoms. The molecule has 3 nitrogen and oxygen atoms in total. The van der Waals surface area contributed by atoms with Crippen molar-refractivity contribution in [3.05, 3.63) is 30.2 Å². The number of oxazole rings is 1. The molecule has 0 aliphatic heterocycles. The number of rotatable bonds is 3. The minimum atomic E-state index is -0.166. The molecule has 2 rings (SSSR count). The highest BCUT2D eigenvalue weighted by Crippen LogP contribution is 2.17. The van der Waals surface area contributed by atoms with Gasteiger partial charge in [-0.15, -0.1) is 0 Å². The summed E-state index contributed by atoms with van der Waals surface area (Å²) in [6.07, 6.45) is 1.66. The van der Waals surface area contributed by atoms with E-state index in [-0.39, 0.29) is 5.54 Å². The minimum absolute atomic E-state index is 0.166. The second kappa shape index (κ2) is 3.66. The third-order valence-electron chi connectivity index (χ3n) is 2.32. The molecule has 0 atom stereocenters. The standard InChI is InChI=1S/C12H16N2O/c1-12(2,13)8-7-11-14-9-5-3-4-6-10(9)15-11/h3-6H,7-8,13H2,1-2H3. The highest BCUT2D eigenvalue weighted by atomic mass is 16.3. The average Bonchev–Trinajstić information content (AvgIpc) is 2.56. The quantitative estimate of drug-likeness (QED) is 0.835. The van der Waals surface area contributed by atoms with Gasteiger partial charge in [0.05, 0.1) is 0 Å². The van der Waals surface area contributed by atoms with Crippen molar-refractivity contribution in [3.63, 3.8) is 0 Å². The molecule has 0 saturated heterocycles. The number of fused-ring (bicyclic) bond motifs is 1. The summed E-state index contributed by atoms with van der Waals surface area (Å²) in [6, 6.07) is 7.79. The Kier molecular flexibility index (Phi) is 2.49. The van der Waals surface area contributed by atoms with Crippen molar-refractivity contribution in [1.29, 1.82) is 0 Å². The minimum Gasteiger partial charge on any atom is -0.441 e. The predicted octanol–water partition coefficient (Wildman–Crippen LogP) is 2.50. The van der Waals surface area contributed by atoms with Gasteiger partial charge in [-0.1, -0.05) is 12.1 Å². The first-order valence-electron chi connectivity index (χ1n) is 5.18. The number of benzene rings is 1. The fraction of sp³-hybridized carbons (Fsp3) is 0.417. The highest BCUT2D eigenvalue weighted by molar-refractivity contribution is 5.72. The molecule has 0 aliphatic carbocycles. The van der Waals surface area contributed by atoms with E-state index in [4.69, 9.17) is 10.2 Å². The number of nitrogens with zero attached hydrogens (tertiary/aromatic N) is 1. The Morgan fingerprint density at radius 1 is 1.33 bits per heavy atom. The molecule has 0 fully saturated rings. The SMILES string of the molecule is CC(C)(N)CCc1nc2ccccc2o1. The molecule has 0 unspecified atom stereocenters. The van der Waals surface area contributed by atoms with Gasteiger partial charge in [0.15, 0.2) is 11.5 Å². The molecule has 2 N–H and O–H groups in total. The smallest absolute Gasteiger partial charge is 0.195 e. The van der Waals surface area contributed by atoms with Crippen molar-refractivity contribution < 1.29 is 4.42 Å². The van der Waals surface area contributed by atoms with E-state index >= 15 is 0 Å². The summed E-state index contributed by atoms with van der Waals surface area (Å²) in [4.78, 5) is 4.39. The van der Waals surface area contributed by atoms with E-state index in [1.54, 1.807) is 0 Å². The molecule has 0 aliphatic rings. The van der Waals surface area contributed by atoms with Crippen LogP contribution in [0, 0.1) is 0 Å². The molecule has 0 radical (unpaired) electrons. The van der Waals surface area contributed by atoms with Crippen LogP contribution in [0.3, 0.4) is 0 Å². The van der Waals surface area contributed by atoms with E-state index in [1.165, 1.54) is 0 Å². The van der Waals surface area contributed by atoms with Crippen LogP contribution in [0.15, 0.2) is 28.7 Å². The monoisotopic (exact) mass is 204 g/mol. The molecule has 0 bridgehead atoms. The van der Waals surface area contributed by atoms with Gasteiger partial charge in [0.25, 0.3) is 0 Å². The topological polar surface area (TPSA) is 52.0 Å². The van der Waals surface area contributed by atoms with Crippen molar-refractivity contribution in [2.45, 2.75) is 32.2 Å². The molecular formula is C12H16N2O. The third-order valence-corrected chi connectivity index (χ3v) is 2.32. The maximum Gasteiger partial charge on any atom is 0.195 e. The summed E-state index contributed by atoms with van der Waals surface area (Å²) in [6.45, 7) is 4.02. The van der Waals surface area contributed by atoms with Crippen LogP contribution in [0.1, 0.15) is 26.2 Å². The van der Waals surface area contributed by atoms with Gasteiger partial charge in [0, 0.05) is 12.0 Å². The summed E-state index contributed by atoms with van der Waals surface area (Å²) < 4.78 is 5.60. The van der Waals surface area contributed by atoms with Gasteiger partial charge in [0.1, 0.15) is 5.52 Å². The summed E-state index contributed by atoms with van der Waals surface area (Å²) in [7, 11) is 0. The molecule has 3 heteroatoms. The van der Waals surface area contributed by atoms with E-state index in [9.17, 15) is 0 Å². The zero-order valence-corrected chi connectivity index (χ0v) is 9.16. The maximum atomic E-state index is 5.91. The molecule has 1 heterocycles. The van der Waals surface area contributed by atoms with Crippen molar-refractivity contribution in [2.75, 3.05) is 0 Å². The summed E-state index contributed by atoms with van der Waals surface area (Å²) >= 11 is 0. The molecule has 0 saturated carbocycles.